The van der Waals surface area contributed by atoms with Crippen LogP contribution in [0, 0.1) is 6.92 Å². The van der Waals surface area contributed by atoms with Crippen molar-refractivity contribution >= 4 is 5.91 Å². The normalized spacial score (nSPS) is 18.1. The van der Waals surface area contributed by atoms with Gasteiger partial charge in [-0.05, 0) is 37.1 Å². The van der Waals surface area contributed by atoms with Crippen LogP contribution < -0.4 is 16.0 Å². The third kappa shape index (κ3) is 4.74. The van der Waals surface area contributed by atoms with Gasteiger partial charge in [-0.2, -0.15) is 0 Å². The highest BCUT2D eigenvalue weighted by Gasteiger charge is 2.39. The number of rotatable bonds is 8. The number of nitrogens with zero attached hydrogens (tertiary/aromatic N) is 3. The molecule has 0 bridgehead atoms. The molecule has 2 heterocycles. The van der Waals surface area contributed by atoms with E-state index in [0.29, 0.717) is 43.1 Å². The highest BCUT2D eigenvalue weighted by atomic mass is 16.5. The molecule has 7 nitrogen and oxygen atoms in total. The van der Waals surface area contributed by atoms with Gasteiger partial charge in [0.2, 0.25) is 5.75 Å². The monoisotopic (exact) mass is 496 g/mol. The number of hydrogen-bond acceptors (Lipinski definition) is 5. The number of amides is 1. The molecule has 2 aromatic carbocycles. The van der Waals surface area contributed by atoms with Gasteiger partial charge < -0.3 is 15.4 Å². The molecule has 0 spiro atoms. The number of allylic oxidation sites excluding steroid dienone is 2. The molecule has 0 saturated heterocycles. The number of carbonyl (C=O) groups is 1. The second-order valence-electron chi connectivity index (χ2n) is 9.52. The van der Waals surface area contributed by atoms with Crippen LogP contribution in [0.3, 0.4) is 0 Å². The third-order valence-electron chi connectivity index (χ3n) is 7.01. The van der Waals surface area contributed by atoms with E-state index in [1.165, 1.54) is 0 Å². The van der Waals surface area contributed by atoms with Gasteiger partial charge in [-0.3, -0.25) is 14.2 Å². The fraction of sp³-hybridized carbons (Fsp3) is 0.300. The molecule has 0 saturated carbocycles. The summed E-state index contributed by atoms with van der Waals surface area (Å²) in [5.74, 6) is 0.575. The Morgan fingerprint density at radius 3 is 2.54 bits per heavy atom. The van der Waals surface area contributed by atoms with Crippen LogP contribution in [0.2, 0.25) is 0 Å². The van der Waals surface area contributed by atoms with E-state index in [-0.39, 0.29) is 29.2 Å². The molecular weight excluding hydrogens is 464 g/mol. The second-order valence-corrected chi connectivity index (χ2v) is 9.52. The molecule has 3 atom stereocenters. The van der Waals surface area contributed by atoms with Crippen LogP contribution in [-0.2, 0) is 6.54 Å². The van der Waals surface area contributed by atoms with Crippen LogP contribution in [0.15, 0.2) is 83.7 Å². The fourth-order valence-electron chi connectivity index (χ4n) is 5.11. The molecule has 1 aliphatic heterocycles. The van der Waals surface area contributed by atoms with Crippen molar-refractivity contribution in [3.05, 3.63) is 117 Å². The van der Waals surface area contributed by atoms with Crippen molar-refractivity contribution in [1.29, 1.82) is 0 Å². The molecule has 37 heavy (non-hydrogen) atoms. The number of hydrogen-bond donors (Lipinski definition) is 1. The zero-order chi connectivity index (χ0) is 25.9. The zero-order valence-corrected chi connectivity index (χ0v) is 21.2. The summed E-state index contributed by atoms with van der Waals surface area (Å²) in [6, 6.07) is 16.9. The van der Waals surface area contributed by atoms with Crippen LogP contribution in [-0.4, -0.2) is 39.6 Å². The van der Waals surface area contributed by atoms with Crippen LogP contribution in [0.25, 0.3) is 0 Å². The van der Waals surface area contributed by atoms with Crippen LogP contribution in [0.5, 0.6) is 5.75 Å². The van der Waals surface area contributed by atoms with Gasteiger partial charge >= 0.3 is 0 Å². The standard InChI is InChI=1S/C30H32N4O3/c1-3-24(33(18-17-31)29(35)22-15-13-20(2)14-16-22)28-32-26-23-11-7-8-12-25(23)37-27(26)30(36)34(28)19-21-9-5-4-6-10-21/h4-16,23-25H,3,17-19,31H2,1-2H3. The smallest absolute Gasteiger partial charge is 0.296 e. The lowest BCUT2D eigenvalue weighted by molar-refractivity contribution is 0.0663. The SMILES string of the molecule is CCC(c1nc2c(c(=O)n1Cc1ccccc1)OC1C=CC=CC21)N(CCN)C(=O)c1ccc(C)cc1. The van der Waals surface area contributed by atoms with Crippen molar-refractivity contribution in [3.8, 4) is 5.75 Å². The largest absolute Gasteiger partial charge is 0.478 e. The summed E-state index contributed by atoms with van der Waals surface area (Å²) in [7, 11) is 0. The number of ether oxygens (including phenoxy) is 1. The number of benzene rings is 2. The molecule has 190 valence electrons. The summed E-state index contributed by atoms with van der Waals surface area (Å²) >= 11 is 0. The van der Waals surface area contributed by atoms with E-state index in [2.05, 4.69) is 0 Å². The summed E-state index contributed by atoms with van der Waals surface area (Å²) in [4.78, 5) is 34.5. The number of nitrogens with two attached hydrogens (primary N) is 1. The van der Waals surface area contributed by atoms with Gasteiger partial charge in [-0.1, -0.05) is 73.2 Å². The topological polar surface area (TPSA) is 90.5 Å². The van der Waals surface area contributed by atoms with Gasteiger partial charge in [0, 0.05) is 18.7 Å². The number of fused-ring (bicyclic) bond motifs is 3. The maximum Gasteiger partial charge on any atom is 0.296 e. The average molecular weight is 497 g/mol. The van der Waals surface area contributed by atoms with Crippen molar-refractivity contribution in [2.45, 2.75) is 44.9 Å². The van der Waals surface area contributed by atoms with E-state index in [4.69, 9.17) is 15.5 Å². The Balaban J connectivity index is 1.64. The van der Waals surface area contributed by atoms with Crippen molar-refractivity contribution < 1.29 is 9.53 Å². The maximum absolute atomic E-state index is 13.9. The van der Waals surface area contributed by atoms with Crippen molar-refractivity contribution in [2.24, 2.45) is 5.73 Å². The van der Waals surface area contributed by atoms with Gasteiger partial charge in [-0.15, -0.1) is 0 Å². The van der Waals surface area contributed by atoms with E-state index >= 15 is 0 Å². The summed E-state index contributed by atoms with van der Waals surface area (Å²) < 4.78 is 7.76. The summed E-state index contributed by atoms with van der Waals surface area (Å²) in [6.45, 7) is 4.95. The van der Waals surface area contributed by atoms with Crippen molar-refractivity contribution in [2.75, 3.05) is 13.1 Å². The quantitative estimate of drug-likeness (QED) is 0.507. The Bertz CT molecular complexity index is 1390. The Kier molecular flexibility index (Phi) is 7.06. The Morgan fingerprint density at radius 1 is 1.11 bits per heavy atom. The molecule has 5 rings (SSSR count). The highest BCUT2D eigenvalue weighted by molar-refractivity contribution is 5.94. The predicted octanol–water partition coefficient (Wildman–Crippen LogP) is 4.12. The molecule has 1 aromatic heterocycles. The zero-order valence-electron chi connectivity index (χ0n) is 21.2. The third-order valence-corrected chi connectivity index (χ3v) is 7.01. The molecule has 1 aliphatic carbocycles. The van der Waals surface area contributed by atoms with Gasteiger partial charge in [0.15, 0.2) is 0 Å². The molecule has 7 heteroatoms. The van der Waals surface area contributed by atoms with Gasteiger partial charge in [0.1, 0.15) is 17.6 Å². The van der Waals surface area contributed by atoms with Crippen molar-refractivity contribution in [1.82, 2.24) is 14.5 Å². The van der Waals surface area contributed by atoms with Crippen LogP contribution in [0.4, 0.5) is 0 Å². The summed E-state index contributed by atoms with van der Waals surface area (Å²) in [6.07, 6.45) is 8.16. The molecule has 0 fully saturated rings. The highest BCUT2D eigenvalue weighted by Crippen LogP contribution is 2.39. The van der Waals surface area contributed by atoms with E-state index in [1.54, 1.807) is 9.47 Å². The minimum Gasteiger partial charge on any atom is -0.478 e. The molecule has 2 N–H and O–H groups in total. The number of aromatic nitrogens is 2. The van der Waals surface area contributed by atoms with Gasteiger partial charge in [0.25, 0.3) is 11.5 Å². The molecule has 0 radical (unpaired) electrons. The Morgan fingerprint density at radius 2 is 1.84 bits per heavy atom. The van der Waals surface area contributed by atoms with Crippen LogP contribution >= 0.6 is 0 Å². The second kappa shape index (κ2) is 10.6. The summed E-state index contributed by atoms with van der Waals surface area (Å²) in [5, 5.41) is 0. The molecule has 3 aromatic rings. The Labute approximate surface area is 216 Å². The summed E-state index contributed by atoms with van der Waals surface area (Å²) in [5.41, 5.74) is 9.02. The average Bonchev–Trinajstić information content (AvgIpc) is 3.30. The minimum absolute atomic E-state index is 0.132. The first-order valence-electron chi connectivity index (χ1n) is 12.8. The first-order valence-corrected chi connectivity index (χ1v) is 12.8. The molecule has 2 aliphatic rings. The Hall–Kier alpha value is -3.97. The van der Waals surface area contributed by atoms with E-state index in [1.807, 2.05) is 92.7 Å². The van der Waals surface area contributed by atoms with E-state index in [0.717, 1.165) is 11.1 Å². The first kappa shape index (κ1) is 24.7. The van der Waals surface area contributed by atoms with Gasteiger partial charge in [0.05, 0.1) is 18.5 Å². The maximum atomic E-state index is 13.9. The first-order chi connectivity index (χ1) is 18.0. The van der Waals surface area contributed by atoms with E-state index < -0.39 is 6.04 Å². The van der Waals surface area contributed by atoms with Gasteiger partial charge in [-0.25, -0.2) is 4.98 Å². The predicted molar refractivity (Wildman–Crippen MR) is 144 cm³/mol. The van der Waals surface area contributed by atoms with E-state index in [9.17, 15) is 9.59 Å². The lowest BCUT2D eigenvalue weighted by atomic mass is 9.96. The minimum atomic E-state index is -0.443. The molecular formula is C30H32N4O3. The molecule has 3 unspecified atom stereocenters. The number of aryl methyl sites for hydroxylation is 1. The van der Waals surface area contributed by atoms with Crippen molar-refractivity contribution in [3.63, 3.8) is 0 Å². The van der Waals surface area contributed by atoms with Crippen LogP contribution in [0.1, 0.15) is 58.3 Å². The molecule has 1 amide bonds. The fourth-order valence-corrected chi connectivity index (χ4v) is 5.11. The lowest BCUT2D eigenvalue weighted by Gasteiger charge is -2.32. The number of carbonyl (C=O) groups excluding carboxylic acids is 1. The lowest BCUT2D eigenvalue weighted by Crippen LogP contribution is -2.41.